The number of nitrogens with one attached hydrogen (secondary N) is 2. The Labute approximate surface area is 151 Å². The van der Waals surface area contributed by atoms with E-state index in [1.807, 2.05) is 0 Å². The molecule has 10 heteroatoms. The minimum absolute atomic E-state index is 0.0189. The van der Waals surface area contributed by atoms with Gasteiger partial charge in [-0.25, -0.2) is 21.6 Å². The van der Waals surface area contributed by atoms with Crippen LogP contribution >= 0.6 is 0 Å². The molecule has 140 valence electrons. The average molecular weight is 398 g/mol. The molecule has 8 nitrogen and oxygen atoms in total. The molecular formula is C16H18N2O6S2. The predicted octanol–water partition coefficient (Wildman–Crippen LogP) is 0.675. The number of hydrogen-bond acceptors (Lipinski definition) is 6. The second-order valence-electron chi connectivity index (χ2n) is 6.01. The van der Waals surface area contributed by atoms with Gasteiger partial charge in [-0.3, -0.25) is 4.79 Å². The fraction of sp³-hybridized carbons (Fsp3) is 0.312. The minimum atomic E-state index is -3.85. The van der Waals surface area contributed by atoms with Crippen molar-refractivity contribution < 1.29 is 26.0 Å². The van der Waals surface area contributed by atoms with Gasteiger partial charge in [-0.15, -0.1) is 0 Å². The molecule has 1 aromatic carbocycles. The van der Waals surface area contributed by atoms with Crippen molar-refractivity contribution in [2.24, 2.45) is 0 Å². The Morgan fingerprint density at radius 2 is 1.92 bits per heavy atom. The van der Waals surface area contributed by atoms with Crippen LogP contribution in [0.3, 0.4) is 0 Å². The molecule has 1 saturated heterocycles. The lowest BCUT2D eigenvalue weighted by molar-refractivity contribution is 0.0948. The summed E-state index contributed by atoms with van der Waals surface area (Å²) in [6.45, 7) is 0.226. The maximum Gasteiger partial charge on any atom is 0.251 e. The summed E-state index contributed by atoms with van der Waals surface area (Å²) in [7, 11) is -7.03. The molecule has 1 atom stereocenters. The molecule has 1 fully saturated rings. The van der Waals surface area contributed by atoms with Gasteiger partial charge in [-0.1, -0.05) is 0 Å². The average Bonchev–Trinajstić information content (AvgIpc) is 3.22. The second-order valence-corrected chi connectivity index (χ2v) is 9.95. The standard InChI is InChI=1S/C16H18N2O6S2/c19-16(17-10-14-2-1-8-24-14)12-3-5-15(6-4-12)26(22,23)18-13-7-9-25(20,21)11-13/h1-6,8,13,18H,7,9-11H2,(H,17,19). The normalized spacial score (nSPS) is 19.3. The van der Waals surface area contributed by atoms with Gasteiger partial charge in [-0.2, -0.15) is 0 Å². The quantitative estimate of drug-likeness (QED) is 0.738. The second kappa shape index (κ2) is 7.22. The highest BCUT2D eigenvalue weighted by molar-refractivity contribution is 7.92. The van der Waals surface area contributed by atoms with E-state index in [1.54, 1.807) is 12.1 Å². The highest BCUT2D eigenvalue weighted by atomic mass is 32.2. The fourth-order valence-electron chi connectivity index (χ4n) is 2.64. The molecule has 0 saturated carbocycles. The van der Waals surface area contributed by atoms with Gasteiger partial charge in [0.2, 0.25) is 10.0 Å². The largest absolute Gasteiger partial charge is 0.467 e. The molecule has 1 unspecified atom stereocenters. The molecule has 1 aromatic heterocycles. The molecule has 2 N–H and O–H groups in total. The van der Waals surface area contributed by atoms with Crippen molar-refractivity contribution in [3.05, 3.63) is 54.0 Å². The summed E-state index contributed by atoms with van der Waals surface area (Å²) in [4.78, 5) is 12.0. The van der Waals surface area contributed by atoms with E-state index in [4.69, 9.17) is 4.42 Å². The third-order valence-corrected chi connectivity index (χ3v) is 7.29. The third-order valence-electron chi connectivity index (χ3n) is 3.98. The van der Waals surface area contributed by atoms with Gasteiger partial charge in [-0.05, 0) is 42.8 Å². The molecular weight excluding hydrogens is 380 g/mol. The third kappa shape index (κ3) is 4.51. The number of carbonyl (C=O) groups is 1. The Morgan fingerprint density at radius 3 is 2.50 bits per heavy atom. The van der Waals surface area contributed by atoms with Crippen LogP contribution in [0.5, 0.6) is 0 Å². The Hall–Kier alpha value is -2.17. The van der Waals surface area contributed by atoms with E-state index >= 15 is 0 Å². The summed E-state index contributed by atoms with van der Waals surface area (Å²) in [5.74, 6) is 0.0301. The SMILES string of the molecule is O=C(NCc1ccco1)c1ccc(S(=O)(=O)NC2CCS(=O)(=O)C2)cc1. The summed E-state index contributed by atoms with van der Waals surface area (Å²) in [6.07, 6.45) is 1.76. The highest BCUT2D eigenvalue weighted by Crippen LogP contribution is 2.16. The topological polar surface area (TPSA) is 123 Å². The smallest absolute Gasteiger partial charge is 0.251 e. The van der Waals surface area contributed by atoms with Crippen LogP contribution in [-0.4, -0.2) is 40.3 Å². The number of sulfone groups is 1. The van der Waals surface area contributed by atoms with Crippen LogP contribution in [0.25, 0.3) is 0 Å². The van der Waals surface area contributed by atoms with Gasteiger partial charge in [0.05, 0.1) is 29.2 Å². The lowest BCUT2D eigenvalue weighted by atomic mass is 10.2. The van der Waals surface area contributed by atoms with Crippen molar-refractivity contribution in [3.63, 3.8) is 0 Å². The fourth-order valence-corrected chi connectivity index (χ4v) is 5.69. The van der Waals surface area contributed by atoms with Crippen LogP contribution in [0.15, 0.2) is 52.0 Å². The van der Waals surface area contributed by atoms with Crippen molar-refractivity contribution >= 4 is 25.8 Å². The maximum absolute atomic E-state index is 12.3. The van der Waals surface area contributed by atoms with Crippen molar-refractivity contribution in [2.45, 2.75) is 23.9 Å². The molecule has 0 bridgehead atoms. The van der Waals surface area contributed by atoms with E-state index in [0.717, 1.165) is 0 Å². The van der Waals surface area contributed by atoms with E-state index in [1.165, 1.54) is 30.5 Å². The van der Waals surface area contributed by atoms with E-state index in [9.17, 15) is 21.6 Å². The van der Waals surface area contributed by atoms with E-state index in [2.05, 4.69) is 10.0 Å². The maximum atomic E-state index is 12.3. The lowest BCUT2D eigenvalue weighted by Gasteiger charge is -2.12. The first-order valence-corrected chi connectivity index (χ1v) is 11.2. The minimum Gasteiger partial charge on any atom is -0.467 e. The van der Waals surface area contributed by atoms with Gasteiger partial charge >= 0.3 is 0 Å². The van der Waals surface area contributed by atoms with Crippen molar-refractivity contribution in [1.82, 2.24) is 10.0 Å². The van der Waals surface area contributed by atoms with E-state index < -0.39 is 25.9 Å². The Kier molecular flexibility index (Phi) is 5.17. The van der Waals surface area contributed by atoms with Gasteiger partial charge in [0, 0.05) is 11.6 Å². The van der Waals surface area contributed by atoms with E-state index in [0.29, 0.717) is 11.3 Å². The van der Waals surface area contributed by atoms with Gasteiger partial charge in [0.1, 0.15) is 5.76 Å². The summed E-state index contributed by atoms with van der Waals surface area (Å²) in [5, 5.41) is 2.66. The monoisotopic (exact) mass is 398 g/mol. The zero-order chi connectivity index (χ0) is 18.8. The van der Waals surface area contributed by atoms with Crippen LogP contribution in [0.1, 0.15) is 22.5 Å². The Balaban J connectivity index is 1.63. The summed E-state index contributed by atoms with van der Waals surface area (Å²) < 4.78 is 55.1. The number of rotatable bonds is 6. The zero-order valence-electron chi connectivity index (χ0n) is 13.7. The Bertz CT molecular complexity index is 980. The first-order valence-electron chi connectivity index (χ1n) is 7.89. The molecule has 2 heterocycles. The van der Waals surface area contributed by atoms with Gasteiger partial charge < -0.3 is 9.73 Å². The molecule has 1 amide bonds. The van der Waals surface area contributed by atoms with Crippen LogP contribution < -0.4 is 10.0 Å². The molecule has 3 rings (SSSR count). The molecule has 26 heavy (non-hydrogen) atoms. The van der Waals surface area contributed by atoms with Crippen LogP contribution in [0, 0.1) is 0 Å². The molecule has 1 aliphatic heterocycles. The first-order chi connectivity index (χ1) is 12.3. The number of sulfonamides is 1. The van der Waals surface area contributed by atoms with Crippen LogP contribution in [-0.2, 0) is 26.4 Å². The number of hydrogen-bond donors (Lipinski definition) is 2. The molecule has 0 aliphatic carbocycles. The zero-order valence-corrected chi connectivity index (χ0v) is 15.3. The van der Waals surface area contributed by atoms with Crippen LogP contribution in [0.4, 0.5) is 0 Å². The summed E-state index contributed by atoms with van der Waals surface area (Å²) in [5.41, 5.74) is 0.305. The van der Waals surface area contributed by atoms with Crippen molar-refractivity contribution in [3.8, 4) is 0 Å². The predicted molar refractivity (Wildman–Crippen MR) is 93.7 cm³/mol. The van der Waals surface area contributed by atoms with E-state index in [-0.39, 0.29) is 35.3 Å². The van der Waals surface area contributed by atoms with Crippen LogP contribution in [0.2, 0.25) is 0 Å². The van der Waals surface area contributed by atoms with Crippen molar-refractivity contribution in [2.75, 3.05) is 11.5 Å². The van der Waals surface area contributed by atoms with Gasteiger partial charge in [0.15, 0.2) is 9.84 Å². The lowest BCUT2D eigenvalue weighted by Crippen LogP contribution is -2.35. The molecule has 0 radical (unpaired) electrons. The van der Waals surface area contributed by atoms with Crippen molar-refractivity contribution in [1.29, 1.82) is 0 Å². The number of amides is 1. The summed E-state index contributed by atoms with van der Waals surface area (Å²) >= 11 is 0. The number of carbonyl (C=O) groups excluding carboxylic acids is 1. The summed E-state index contributed by atoms with van der Waals surface area (Å²) in [6, 6.07) is 8.24. The number of furan rings is 1. The molecule has 2 aromatic rings. The Morgan fingerprint density at radius 1 is 1.19 bits per heavy atom. The molecule has 0 spiro atoms. The highest BCUT2D eigenvalue weighted by Gasteiger charge is 2.31. The first kappa shape index (κ1) is 18.6. The molecule has 1 aliphatic rings. The number of benzene rings is 1. The van der Waals surface area contributed by atoms with Gasteiger partial charge in [0.25, 0.3) is 5.91 Å².